The molecule has 2 saturated carbocycles. The van der Waals surface area contributed by atoms with Gasteiger partial charge in [0.05, 0.1) is 31.8 Å². The first-order valence-corrected chi connectivity index (χ1v) is 10.9. The molecule has 1 unspecified atom stereocenters. The Labute approximate surface area is 192 Å². The topological polar surface area (TPSA) is 169 Å². The molecule has 0 spiro atoms. The first kappa shape index (κ1) is 26.4. The molecule has 0 aromatic carbocycles. The average Bonchev–Trinajstić information content (AvgIpc) is 3.39. The van der Waals surface area contributed by atoms with Crippen molar-refractivity contribution in [1.29, 1.82) is 0 Å². The number of carbonyl (C=O) groups is 5. The summed E-state index contributed by atoms with van der Waals surface area (Å²) >= 11 is 0. The van der Waals surface area contributed by atoms with Gasteiger partial charge >= 0.3 is 18.0 Å². The summed E-state index contributed by atoms with van der Waals surface area (Å²) in [6.07, 6.45) is -1.90. The summed E-state index contributed by atoms with van der Waals surface area (Å²) in [4.78, 5) is 61.2. The highest BCUT2D eigenvalue weighted by atomic mass is 16.6. The van der Waals surface area contributed by atoms with Crippen molar-refractivity contribution in [1.82, 2.24) is 16.0 Å². The van der Waals surface area contributed by atoms with Crippen molar-refractivity contribution in [2.24, 2.45) is 17.8 Å². The van der Waals surface area contributed by atoms with Crippen LogP contribution in [0.4, 0.5) is 4.79 Å². The van der Waals surface area contributed by atoms with Gasteiger partial charge in [0.25, 0.3) is 0 Å². The van der Waals surface area contributed by atoms with Crippen LogP contribution in [0.15, 0.2) is 0 Å². The fraction of sp³-hybridized carbons (Fsp3) is 0.762. The molecule has 12 heteroatoms. The van der Waals surface area contributed by atoms with Crippen LogP contribution in [0.5, 0.6) is 0 Å². The van der Waals surface area contributed by atoms with E-state index in [1.165, 1.54) is 0 Å². The van der Waals surface area contributed by atoms with E-state index in [9.17, 15) is 29.1 Å². The van der Waals surface area contributed by atoms with Crippen molar-refractivity contribution in [3.63, 3.8) is 0 Å². The van der Waals surface area contributed by atoms with E-state index in [1.54, 1.807) is 34.6 Å². The Morgan fingerprint density at radius 1 is 0.970 bits per heavy atom. The number of hydrogen-bond acceptors (Lipinski definition) is 9. The second-order valence-corrected chi connectivity index (χ2v) is 9.02. The molecule has 0 aromatic heterocycles. The number of carbonyl (C=O) groups excluding carboxylic acids is 5. The third-order valence-corrected chi connectivity index (χ3v) is 5.42. The summed E-state index contributed by atoms with van der Waals surface area (Å²) < 4.78 is 15.2. The highest BCUT2D eigenvalue weighted by molar-refractivity contribution is 5.94. The monoisotopic (exact) mass is 471 g/mol. The summed E-state index contributed by atoms with van der Waals surface area (Å²) in [5.74, 6) is -4.59. The molecular formula is C21H33N3O9. The third kappa shape index (κ3) is 6.34. The van der Waals surface area contributed by atoms with Gasteiger partial charge in [-0.3, -0.25) is 14.4 Å². The normalized spacial score (nSPS) is 27.6. The maximum absolute atomic E-state index is 12.8. The number of rotatable bonds is 9. The van der Waals surface area contributed by atoms with Gasteiger partial charge in [-0.1, -0.05) is 0 Å². The minimum Gasteiger partial charge on any atom is -0.466 e. The number of alkyl carbamates (subject to hydrolysis) is 1. The molecule has 5 atom stereocenters. The van der Waals surface area contributed by atoms with Gasteiger partial charge in [0.2, 0.25) is 11.8 Å². The molecule has 2 aliphatic carbocycles. The number of aliphatic hydroxyl groups is 1. The number of fused-ring (bicyclic) bond motifs is 1. The van der Waals surface area contributed by atoms with Gasteiger partial charge in [0, 0.05) is 18.3 Å². The number of aliphatic hydroxyl groups excluding tert-OH is 1. The van der Waals surface area contributed by atoms with Crippen molar-refractivity contribution in [3.05, 3.63) is 0 Å². The van der Waals surface area contributed by atoms with Crippen molar-refractivity contribution in [2.45, 2.75) is 58.3 Å². The Morgan fingerprint density at radius 2 is 1.58 bits per heavy atom. The highest BCUT2D eigenvalue weighted by Gasteiger charge is 2.76. The zero-order valence-corrected chi connectivity index (χ0v) is 19.6. The molecule has 0 radical (unpaired) electrons. The molecule has 0 aliphatic heterocycles. The lowest BCUT2D eigenvalue weighted by atomic mass is 9.89. The molecule has 12 nitrogen and oxygen atoms in total. The summed E-state index contributed by atoms with van der Waals surface area (Å²) in [6, 6.07) is 0. The van der Waals surface area contributed by atoms with E-state index >= 15 is 0 Å². The molecule has 186 valence electrons. The van der Waals surface area contributed by atoms with E-state index in [2.05, 4.69) is 16.0 Å². The highest BCUT2D eigenvalue weighted by Crippen LogP contribution is 2.63. The Morgan fingerprint density at radius 3 is 2.15 bits per heavy atom. The molecule has 0 bridgehead atoms. The van der Waals surface area contributed by atoms with Crippen LogP contribution < -0.4 is 16.0 Å². The number of nitrogens with one attached hydrogen (secondary N) is 3. The molecule has 2 rings (SSSR count). The summed E-state index contributed by atoms with van der Waals surface area (Å²) in [7, 11) is 0. The second-order valence-electron chi connectivity index (χ2n) is 9.02. The lowest BCUT2D eigenvalue weighted by molar-refractivity contribution is -0.156. The van der Waals surface area contributed by atoms with Gasteiger partial charge in [-0.25, -0.2) is 9.59 Å². The van der Waals surface area contributed by atoms with E-state index in [0.29, 0.717) is 0 Å². The van der Waals surface area contributed by atoms with Gasteiger partial charge in [0.15, 0.2) is 0 Å². The van der Waals surface area contributed by atoms with Crippen LogP contribution in [-0.4, -0.2) is 78.5 Å². The number of esters is 2. The van der Waals surface area contributed by atoms with Gasteiger partial charge < -0.3 is 35.3 Å². The maximum Gasteiger partial charge on any atom is 0.408 e. The molecule has 0 aromatic rings. The summed E-state index contributed by atoms with van der Waals surface area (Å²) in [5, 5.41) is 17.6. The van der Waals surface area contributed by atoms with Gasteiger partial charge in [0.1, 0.15) is 17.7 Å². The van der Waals surface area contributed by atoms with Crippen LogP contribution >= 0.6 is 0 Å². The first-order chi connectivity index (χ1) is 15.4. The lowest BCUT2D eigenvalue weighted by Gasteiger charge is -2.31. The maximum atomic E-state index is 12.8. The number of hydrogen-bond donors (Lipinski definition) is 4. The minimum atomic E-state index is -1.60. The average molecular weight is 472 g/mol. The fourth-order valence-electron chi connectivity index (χ4n) is 4.26. The van der Waals surface area contributed by atoms with E-state index in [0.717, 1.165) is 0 Å². The van der Waals surface area contributed by atoms with Crippen LogP contribution in [0.1, 0.15) is 41.0 Å². The second kappa shape index (κ2) is 10.4. The fourth-order valence-corrected chi connectivity index (χ4v) is 4.26. The zero-order valence-electron chi connectivity index (χ0n) is 19.6. The Balaban J connectivity index is 1.97. The first-order valence-electron chi connectivity index (χ1n) is 10.9. The zero-order chi connectivity index (χ0) is 25.0. The molecule has 33 heavy (non-hydrogen) atoms. The number of amides is 3. The molecule has 3 amide bonds. The van der Waals surface area contributed by atoms with Crippen molar-refractivity contribution in [2.75, 3.05) is 26.3 Å². The van der Waals surface area contributed by atoms with E-state index < -0.39 is 77.9 Å². The largest absolute Gasteiger partial charge is 0.466 e. The Bertz CT molecular complexity index is 794. The van der Waals surface area contributed by atoms with Crippen LogP contribution in [0, 0.1) is 17.8 Å². The van der Waals surface area contributed by atoms with Gasteiger partial charge in [-0.2, -0.15) is 0 Å². The van der Waals surface area contributed by atoms with E-state index in [4.69, 9.17) is 14.2 Å². The van der Waals surface area contributed by atoms with Crippen molar-refractivity contribution < 1.29 is 43.3 Å². The standard InChI is InChI=1S/C21H33N3O9/c1-6-31-17(28)15-14-11(25)8-21(16(14)15,18(29)32-7-2)24-13(27)10-22-12(26)9-23-19(30)33-20(3,4)5/h11,14-16,25H,6-10H2,1-5H3,(H,22,26)(H,23,30)(H,24,27)/t11-,14?,15-,16-,21-/m0/s1. The van der Waals surface area contributed by atoms with Crippen LogP contribution in [-0.2, 0) is 33.4 Å². The SMILES string of the molecule is CCOC(=O)[C@H]1C2[C@@H](O)C[C@@](NC(=O)CNC(=O)CNC(=O)OC(C)(C)C)(C(=O)OCC)[C@@H]21. The summed E-state index contributed by atoms with van der Waals surface area (Å²) in [6.45, 7) is 7.55. The quantitative estimate of drug-likeness (QED) is 0.249. The molecule has 4 N–H and O–H groups in total. The molecule has 2 fully saturated rings. The molecule has 0 saturated heterocycles. The van der Waals surface area contributed by atoms with E-state index in [-0.39, 0.29) is 19.6 Å². The van der Waals surface area contributed by atoms with E-state index in [1.807, 2.05) is 0 Å². The minimum absolute atomic E-state index is 0.0427. The smallest absolute Gasteiger partial charge is 0.408 e. The van der Waals surface area contributed by atoms with Gasteiger partial charge in [-0.05, 0) is 34.6 Å². The third-order valence-electron chi connectivity index (χ3n) is 5.42. The molecular weight excluding hydrogens is 438 g/mol. The Kier molecular flexibility index (Phi) is 8.28. The number of ether oxygens (including phenoxy) is 3. The van der Waals surface area contributed by atoms with Crippen molar-refractivity contribution in [3.8, 4) is 0 Å². The predicted octanol–water partition coefficient (Wildman–Crippen LogP) is -0.765. The lowest BCUT2D eigenvalue weighted by Crippen LogP contribution is -2.59. The van der Waals surface area contributed by atoms with Crippen LogP contribution in [0.3, 0.4) is 0 Å². The van der Waals surface area contributed by atoms with Crippen molar-refractivity contribution >= 4 is 29.8 Å². The summed E-state index contributed by atoms with van der Waals surface area (Å²) in [5.41, 5.74) is -2.33. The predicted molar refractivity (Wildman–Crippen MR) is 112 cm³/mol. The Hall–Kier alpha value is -2.89. The molecule has 2 aliphatic rings. The van der Waals surface area contributed by atoms with Crippen LogP contribution in [0.2, 0.25) is 0 Å². The van der Waals surface area contributed by atoms with Crippen LogP contribution in [0.25, 0.3) is 0 Å². The molecule has 0 heterocycles. The van der Waals surface area contributed by atoms with Gasteiger partial charge in [-0.15, -0.1) is 0 Å².